The van der Waals surface area contributed by atoms with Crippen molar-refractivity contribution in [1.82, 2.24) is 10.4 Å². The van der Waals surface area contributed by atoms with Crippen LogP contribution in [0, 0.1) is 0 Å². The van der Waals surface area contributed by atoms with Crippen molar-refractivity contribution in [1.29, 1.82) is 0 Å². The van der Waals surface area contributed by atoms with E-state index >= 15 is 0 Å². The highest BCUT2D eigenvalue weighted by molar-refractivity contribution is 9.10. The number of amides is 3. The quantitative estimate of drug-likeness (QED) is 0.348. The number of hydrogen-bond acceptors (Lipinski definition) is 4. The monoisotopic (exact) mass is 634 g/mol. The number of hydrogen-bond donors (Lipinski definition) is 2. The molecular formula is C24H17Br2ClN4O3S. The number of halogens is 3. The van der Waals surface area contributed by atoms with Crippen molar-refractivity contribution in [3.8, 4) is 0 Å². The van der Waals surface area contributed by atoms with Gasteiger partial charge in [0.15, 0.2) is 0 Å². The van der Waals surface area contributed by atoms with Crippen molar-refractivity contribution in [2.24, 2.45) is 0 Å². The summed E-state index contributed by atoms with van der Waals surface area (Å²) in [5, 5.41) is 4.57. The Morgan fingerprint density at radius 1 is 0.914 bits per heavy atom. The highest BCUT2D eigenvalue weighted by Crippen LogP contribution is 2.28. The smallest absolute Gasteiger partial charge is 0.269 e. The lowest BCUT2D eigenvalue weighted by Crippen LogP contribution is -2.49. The summed E-state index contributed by atoms with van der Waals surface area (Å²) in [6, 6.07) is 19.3. The largest absolute Gasteiger partial charge is 0.326 e. The molecule has 0 radical (unpaired) electrons. The molecule has 0 spiro atoms. The maximum atomic E-state index is 13.4. The van der Waals surface area contributed by atoms with Gasteiger partial charge in [-0.3, -0.25) is 24.7 Å². The molecule has 1 heterocycles. The third-order valence-electron chi connectivity index (χ3n) is 5.13. The van der Waals surface area contributed by atoms with E-state index in [1.807, 2.05) is 0 Å². The van der Waals surface area contributed by atoms with Crippen LogP contribution in [0.5, 0.6) is 0 Å². The van der Waals surface area contributed by atoms with Crippen LogP contribution in [0.25, 0.3) is 0 Å². The van der Waals surface area contributed by atoms with Crippen LogP contribution >= 0.6 is 55.7 Å². The van der Waals surface area contributed by atoms with E-state index in [1.54, 1.807) is 72.8 Å². The number of hydrazine groups is 1. The van der Waals surface area contributed by atoms with E-state index in [0.717, 1.165) is 8.95 Å². The number of nitrogens with zero attached hydrogens (tertiary/aromatic N) is 2. The van der Waals surface area contributed by atoms with E-state index in [2.05, 4.69) is 42.6 Å². The second-order valence-electron chi connectivity index (χ2n) is 7.53. The normalized spacial score (nSPS) is 15.3. The van der Waals surface area contributed by atoms with Gasteiger partial charge < -0.3 is 5.32 Å². The zero-order valence-corrected chi connectivity index (χ0v) is 22.6. The molecule has 0 aromatic heterocycles. The van der Waals surface area contributed by atoms with Gasteiger partial charge in [0.2, 0.25) is 11.0 Å². The van der Waals surface area contributed by atoms with E-state index in [-0.39, 0.29) is 11.5 Å². The highest BCUT2D eigenvalue weighted by atomic mass is 79.9. The van der Waals surface area contributed by atoms with Gasteiger partial charge in [-0.2, -0.15) is 0 Å². The summed E-state index contributed by atoms with van der Waals surface area (Å²) in [6.07, 6.45) is -0.236. The fraction of sp³-hybridized carbons (Fsp3) is 0.0833. The summed E-state index contributed by atoms with van der Waals surface area (Å²) < 4.78 is 1.68. The first-order chi connectivity index (χ1) is 16.7. The van der Waals surface area contributed by atoms with Gasteiger partial charge in [0, 0.05) is 25.2 Å². The molecule has 1 saturated heterocycles. The van der Waals surface area contributed by atoms with E-state index in [4.69, 9.17) is 23.8 Å². The van der Waals surface area contributed by atoms with Crippen LogP contribution in [0.15, 0.2) is 81.7 Å². The predicted molar refractivity (Wildman–Crippen MR) is 146 cm³/mol. The van der Waals surface area contributed by atoms with Gasteiger partial charge in [0.25, 0.3) is 11.8 Å². The van der Waals surface area contributed by atoms with Crippen LogP contribution in [-0.4, -0.2) is 33.9 Å². The Labute approximate surface area is 228 Å². The van der Waals surface area contributed by atoms with Crippen molar-refractivity contribution in [3.63, 3.8) is 0 Å². The van der Waals surface area contributed by atoms with Crippen LogP contribution in [0.1, 0.15) is 16.8 Å². The Balaban J connectivity index is 1.59. The molecule has 7 nitrogen and oxygen atoms in total. The molecular weight excluding hydrogens is 620 g/mol. The first-order valence-corrected chi connectivity index (χ1v) is 12.6. The molecule has 0 aliphatic carbocycles. The summed E-state index contributed by atoms with van der Waals surface area (Å²) in [6.45, 7) is 0. The Bertz CT molecular complexity index is 1290. The summed E-state index contributed by atoms with van der Waals surface area (Å²) in [4.78, 5) is 40.5. The van der Waals surface area contributed by atoms with Crippen molar-refractivity contribution in [2.45, 2.75) is 12.5 Å². The summed E-state index contributed by atoms with van der Waals surface area (Å²) >= 11 is 18.2. The predicted octanol–water partition coefficient (Wildman–Crippen LogP) is 5.54. The highest BCUT2D eigenvalue weighted by Gasteiger charge is 2.45. The van der Waals surface area contributed by atoms with Crippen molar-refractivity contribution in [3.05, 3.63) is 92.3 Å². The van der Waals surface area contributed by atoms with Crippen molar-refractivity contribution in [2.75, 3.05) is 10.2 Å². The summed E-state index contributed by atoms with van der Waals surface area (Å²) in [7, 11) is 0. The average Bonchev–Trinajstić information content (AvgIpc) is 3.05. The topological polar surface area (TPSA) is 81.8 Å². The second kappa shape index (κ2) is 10.9. The van der Waals surface area contributed by atoms with Gasteiger partial charge in [-0.1, -0.05) is 43.5 Å². The molecule has 178 valence electrons. The maximum Gasteiger partial charge on any atom is 0.269 e. The van der Waals surface area contributed by atoms with Gasteiger partial charge in [-0.25, -0.2) is 5.01 Å². The molecule has 11 heteroatoms. The van der Waals surface area contributed by atoms with Crippen molar-refractivity contribution >= 4 is 89.9 Å². The van der Waals surface area contributed by atoms with Crippen LogP contribution in [0.2, 0.25) is 5.02 Å². The molecule has 1 fully saturated rings. The second-order valence-corrected chi connectivity index (χ2v) is 10.2. The molecule has 1 atom stereocenters. The lowest BCUT2D eigenvalue weighted by molar-refractivity contribution is -0.124. The minimum Gasteiger partial charge on any atom is -0.326 e. The minimum atomic E-state index is -1.05. The lowest BCUT2D eigenvalue weighted by atomic mass is 10.1. The molecule has 2 N–H and O–H groups in total. The number of nitrogens with one attached hydrogen (secondary N) is 2. The Morgan fingerprint density at radius 3 is 2.09 bits per heavy atom. The van der Waals surface area contributed by atoms with Crippen LogP contribution in [0.4, 0.5) is 11.4 Å². The van der Waals surface area contributed by atoms with Crippen molar-refractivity contribution < 1.29 is 14.4 Å². The Kier molecular flexibility index (Phi) is 7.85. The van der Waals surface area contributed by atoms with Crippen LogP contribution in [0.3, 0.4) is 0 Å². The molecule has 1 aliphatic rings. The SMILES string of the molecule is O=C(CC1C(=O)N(c2ccc(Cl)cc2)C(=S)N1NC(=O)c1ccc(Br)cc1)Nc1ccc(Br)cc1. The molecule has 1 unspecified atom stereocenters. The summed E-state index contributed by atoms with van der Waals surface area (Å²) in [5.41, 5.74) is 4.11. The molecule has 35 heavy (non-hydrogen) atoms. The van der Waals surface area contributed by atoms with Crippen LogP contribution < -0.4 is 15.6 Å². The lowest BCUT2D eigenvalue weighted by Gasteiger charge is -2.24. The Hall–Kier alpha value is -2.79. The molecule has 4 rings (SSSR count). The number of thiocarbonyl (C=S) groups is 1. The van der Waals surface area contributed by atoms with E-state index in [1.165, 1.54) is 9.91 Å². The maximum absolute atomic E-state index is 13.4. The molecule has 0 saturated carbocycles. The Morgan fingerprint density at radius 2 is 1.49 bits per heavy atom. The van der Waals surface area contributed by atoms with Gasteiger partial charge in [0.1, 0.15) is 6.04 Å². The molecule has 3 aromatic carbocycles. The number of anilines is 2. The molecule has 3 amide bonds. The average molecular weight is 637 g/mol. The third kappa shape index (κ3) is 5.90. The molecule has 3 aromatic rings. The van der Waals surface area contributed by atoms with Crippen LogP contribution in [-0.2, 0) is 9.59 Å². The minimum absolute atomic E-state index is 0.0456. The number of benzene rings is 3. The standard InChI is InChI=1S/C24H17Br2ClN4O3S/c25-15-3-1-14(2-4-15)22(33)29-31-20(13-21(32)28-18-9-5-16(26)6-10-18)23(34)30(24(31)35)19-11-7-17(27)8-12-19/h1-12,20H,13H2,(H,28,32)(H,29,33). The zero-order chi connectivity index (χ0) is 25.1. The number of carbonyl (C=O) groups excluding carboxylic acids is 3. The van der Waals surface area contributed by atoms with Gasteiger partial charge in [0.05, 0.1) is 12.1 Å². The number of rotatable bonds is 6. The molecule has 1 aliphatic heterocycles. The van der Waals surface area contributed by atoms with Gasteiger partial charge >= 0.3 is 0 Å². The third-order valence-corrected chi connectivity index (χ3v) is 6.82. The van der Waals surface area contributed by atoms with E-state index in [0.29, 0.717) is 22.0 Å². The van der Waals surface area contributed by atoms with E-state index < -0.39 is 23.8 Å². The fourth-order valence-corrected chi connectivity index (χ4v) is 4.45. The first-order valence-electron chi connectivity index (χ1n) is 10.3. The first kappa shape index (κ1) is 25.3. The molecule has 0 bridgehead atoms. The summed E-state index contributed by atoms with van der Waals surface area (Å²) in [5.74, 6) is -1.32. The van der Waals surface area contributed by atoms with Gasteiger partial charge in [-0.15, -0.1) is 0 Å². The number of carbonyl (C=O) groups is 3. The van der Waals surface area contributed by atoms with E-state index in [9.17, 15) is 14.4 Å². The van der Waals surface area contributed by atoms with Gasteiger partial charge in [-0.05, 0) is 85.0 Å². The fourth-order valence-electron chi connectivity index (χ4n) is 3.42. The zero-order valence-electron chi connectivity index (χ0n) is 17.9.